The smallest absolute Gasteiger partial charge is 0.221 e. The van der Waals surface area contributed by atoms with Crippen molar-refractivity contribution in [2.75, 3.05) is 12.8 Å². The van der Waals surface area contributed by atoms with Crippen molar-refractivity contribution >= 4 is 28.1 Å². The first-order chi connectivity index (χ1) is 12.6. The molecule has 0 radical (unpaired) electrons. The molecule has 0 aliphatic rings. The number of nitrogens with zero attached hydrogens (tertiary/aromatic N) is 3. The summed E-state index contributed by atoms with van der Waals surface area (Å²) >= 11 is 3.55. The van der Waals surface area contributed by atoms with Crippen molar-refractivity contribution in [1.82, 2.24) is 9.66 Å². The van der Waals surface area contributed by atoms with Crippen molar-refractivity contribution in [1.29, 1.82) is 0 Å². The van der Waals surface area contributed by atoms with Gasteiger partial charge in [-0.25, -0.2) is 9.66 Å². The lowest BCUT2D eigenvalue weighted by atomic mass is 10.2. The van der Waals surface area contributed by atoms with Crippen LogP contribution in [0.1, 0.15) is 16.8 Å². The Hall–Kier alpha value is -2.80. The van der Waals surface area contributed by atoms with Crippen LogP contribution < -0.4 is 15.2 Å². The van der Waals surface area contributed by atoms with Crippen LogP contribution in [0.3, 0.4) is 0 Å². The van der Waals surface area contributed by atoms with Crippen molar-refractivity contribution in [3.63, 3.8) is 0 Å². The SMILES string of the molecule is COc1cc(C=Nn2cc(C)nc2N)cc(Br)c1OCc1ccccc1. The van der Waals surface area contributed by atoms with Gasteiger partial charge in [-0.3, -0.25) is 0 Å². The molecular formula is C19H19BrN4O2. The van der Waals surface area contributed by atoms with Gasteiger partial charge < -0.3 is 15.2 Å². The molecule has 0 aliphatic carbocycles. The van der Waals surface area contributed by atoms with E-state index < -0.39 is 0 Å². The number of anilines is 1. The number of benzene rings is 2. The highest BCUT2D eigenvalue weighted by Gasteiger charge is 2.11. The molecule has 0 saturated carbocycles. The molecule has 0 bridgehead atoms. The molecule has 1 aromatic heterocycles. The average Bonchev–Trinajstić information content (AvgIpc) is 2.96. The third kappa shape index (κ3) is 4.23. The van der Waals surface area contributed by atoms with E-state index >= 15 is 0 Å². The Morgan fingerprint density at radius 2 is 2.04 bits per heavy atom. The van der Waals surface area contributed by atoms with Crippen LogP contribution >= 0.6 is 15.9 Å². The summed E-state index contributed by atoms with van der Waals surface area (Å²) in [7, 11) is 1.61. The summed E-state index contributed by atoms with van der Waals surface area (Å²) in [6.45, 7) is 2.31. The lowest BCUT2D eigenvalue weighted by Crippen LogP contribution is -2.00. The highest BCUT2D eigenvalue weighted by molar-refractivity contribution is 9.10. The highest BCUT2D eigenvalue weighted by atomic mass is 79.9. The number of nitrogens with two attached hydrogens (primary N) is 1. The Balaban J connectivity index is 1.81. The standard InChI is InChI=1S/C19H19BrN4O2/c1-13-11-24(19(21)23-13)22-10-15-8-16(20)18(17(9-15)25-2)26-12-14-6-4-3-5-7-14/h3-11H,12H2,1-2H3,(H2,21,23). The summed E-state index contributed by atoms with van der Waals surface area (Å²) in [4.78, 5) is 4.11. The number of halogens is 1. The topological polar surface area (TPSA) is 74.7 Å². The molecule has 0 fully saturated rings. The maximum absolute atomic E-state index is 5.93. The Labute approximate surface area is 160 Å². The Bertz CT molecular complexity index is 923. The summed E-state index contributed by atoms with van der Waals surface area (Å²) < 4.78 is 13.7. The number of imidazole rings is 1. The van der Waals surface area contributed by atoms with Crippen molar-refractivity contribution in [3.8, 4) is 11.5 Å². The van der Waals surface area contributed by atoms with Gasteiger partial charge in [0.05, 0.1) is 29.7 Å². The molecular weight excluding hydrogens is 396 g/mol. The largest absolute Gasteiger partial charge is 0.493 e. The number of methoxy groups -OCH3 is 1. The molecule has 2 aromatic carbocycles. The fourth-order valence-corrected chi connectivity index (χ4v) is 2.98. The van der Waals surface area contributed by atoms with Gasteiger partial charge >= 0.3 is 0 Å². The lowest BCUT2D eigenvalue weighted by molar-refractivity contribution is 0.282. The highest BCUT2D eigenvalue weighted by Crippen LogP contribution is 2.36. The molecule has 6 nitrogen and oxygen atoms in total. The van der Waals surface area contributed by atoms with Gasteiger partial charge in [-0.1, -0.05) is 30.3 Å². The van der Waals surface area contributed by atoms with Crippen LogP contribution in [0.15, 0.2) is 58.2 Å². The van der Waals surface area contributed by atoms with E-state index in [0.717, 1.165) is 21.3 Å². The maximum Gasteiger partial charge on any atom is 0.221 e. The Morgan fingerprint density at radius 1 is 1.27 bits per heavy atom. The van der Waals surface area contributed by atoms with Crippen molar-refractivity contribution < 1.29 is 9.47 Å². The number of aromatic nitrogens is 2. The quantitative estimate of drug-likeness (QED) is 0.618. The average molecular weight is 415 g/mol. The minimum atomic E-state index is 0.340. The Morgan fingerprint density at radius 3 is 2.69 bits per heavy atom. The van der Waals surface area contributed by atoms with E-state index in [1.807, 2.05) is 49.4 Å². The van der Waals surface area contributed by atoms with E-state index in [1.54, 1.807) is 19.5 Å². The zero-order valence-electron chi connectivity index (χ0n) is 14.5. The number of rotatable bonds is 6. The molecule has 0 aliphatic heterocycles. The molecule has 0 atom stereocenters. The van der Waals surface area contributed by atoms with E-state index in [4.69, 9.17) is 15.2 Å². The zero-order chi connectivity index (χ0) is 18.5. The molecule has 26 heavy (non-hydrogen) atoms. The molecule has 134 valence electrons. The fourth-order valence-electron chi connectivity index (χ4n) is 2.41. The summed E-state index contributed by atoms with van der Waals surface area (Å²) in [5, 5.41) is 4.32. The van der Waals surface area contributed by atoms with E-state index in [0.29, 0.717) is 24.1 Å². The van der Waals surface area contributed by atoms with E-state index in [9.17, 15) is 0 Å². The second-order valence-electron chi connectivity index (χ2n) is 5.64. The monoisotopic (exact) mass is 414 g/mol. The molecule has 0 unspecified atom stereocenters. The first-order valence-electron chi connectivity index (χ1n) is 7.97. The molecule has 3 aromatic rings. The molecule has 2 N–H and O–H groups in total. The van der Waals surface area contributed by atoms with Gasteiger partial charge in [-0.05, 0) is 46.1 Å². The van der Waals surface area contributed by atoms with Gasteiger partial charge in [0.1, 0.15) is 6.61 Å². The van der Waals surface area contributed by atoms with Crippen LogP contribution in [0.4, 0.5) is 5.95 Å². The molecule has 3 rings (SSSR count). The first-order valence-corrected chi connectivity index (χ1v) is 8.76. The summed E-state index contributed by atoms with van der Waals surface area (Å²) in [6, 6.07) is 13.7. The van der Waals surface area contributed by atoms with Gasteiger partial charge in [-0.15, -0.1) is 0 Å². The number of hydrogen-bond acceptors (Lipinski definition) is 5. The van der Waals surface area contributed by atoms with Crippen LogP contribution in [0, 0.1) is 6.92 Å². The third-order valence-electron chi connectivity index (χ3n) is 3.64. The zero-order valence-corrected chi connectivity index (χ0v) is 16.1. The van der Waals surface area contributed by atoms with Gasteiger partial charge in [0.25, 0.3) is 0 Å². The number of aryl methyl sites for hydroxylation is 1. The van der Waals surface area contributed by atoms with Crippen LogP contribution in [-0.4, -0.2) is 23.0 Å². The summed E-state index contributed by atoms with van der Waals surface area (Å²) in [5.41, 5.74) is 8.52. The molecule has 0 spiro atoms. The predicted octanol–water partition coefficient (Wildman–Crippen LogP) is 4.01. The predicted molar refractivity (Wildman–Crippen MR) is 106 cm³/mol. The normalized spacial score (nSPS) is 11.0. The van der Waals surface area contributed by atoms with E-state index in [2.05, 4.69) is 26.0 Å². The van der Waals surface area contributed by atoms with E-state index in [1.165, 1.54) is 4.68 Å². The number of ether oxygens (including phenoxy) is 2. The van der Waals surface area contributed by atoms with Gasteiger partial charge in [-0.2, -0.15) is 5.10 Å². The van der Waals surface area contributed by atoms with Crippen molar-refractivity contribution in [2.24, 2.45) is 5.10 Å². The minimum Gasteiger partial charge on any atom is -0.493 e. The third-order valence-corrected chi connectivity index (χ3v) is 4.23. The second kappa shape index (κ2) is 8.05. The van der Waals surface area contributed by atoms with Crippen molar-refractivity contribution in [3.05, 3.63) is 70.0 Å². The van der Waals surface area contributed by atoms with E-state index in [-0.39, 0.29) is 0 Å². The first kappa shape index (κ1) is 18.0. The summed E-state index contributed by atoms with van der Waals surface area (Å²) in [5.74, 6) is 1.60. The van der Waals surface area contributed by atoms with Crippen LogP contribution in [0.2, 0.25) is 0 Å². The molecule has 0 saturated heterocycles. The van der Waals surface area contributed by atoms with Gasteiger partial charge in [0.2, 0.25) is 5.95 Å². The second-order valence-corrected chi connectivity index (χ2v) is 6.49. The van der Waals surface area contributed by atoms with Gasteiger partial charge in [0, 0.05) is 0 Å². The van der Waals surface area contributed by atoms with Crippen LogP contribution in [0.25, 0.3) is 0 Å². The van der Waals surface area contributed by atoms with Gasteiger partial charge in [0.15, 0.2) is 11.5 Å². The molecule has 7 heteroatoms. The fraction of sp³-hybridized carbons (Fsp3) is 0.158. The molecule has 0 amide bonds. The van der Waals surface area contributed by atoms with Crippen LogP contribution in [0.5, 0.6) is 11.5 Å². The summed E-state index contributed by atoms with van der Waals surface area (Å²) in [6.07, 6.45) is 3.45. The number of nitrogen functional groups attached to an aromatic ring is 1. The Kier molecular flexibility index (Phi) is 5.58. The minimum absolute atomic E-state index is 0.340. The number of hydrogen-bond donors (Lipinski definition) is 1. The lowest BCUT2D eigenvalue weighted by Gasteiger charge is -2.13. The molecule has 1 heterocycles. The van der Waals surface area contributed by atoms with Crippen LogP contribution in [-0.2, 0) is 6.61 Å². The van der Waals surface area contributed by atoms with Crippen molar-refractivity contribution in [2.45, 2.75) is 13.5 Å². The maximum atomic E-state index is 5.93.